The number of nitro groups is 1. The molecule has 0 amide bonds. The Hall–Kier alpha value is -2.23. The summed E-state index contributed by atoms with van der Waals surface area (Å²) in [5.74, 6) is 0.318. The third-order valence-corrected chi connectivity index (χ3v) is 4.73. The van der Waals surface area contributed by atoms with Crippen LogP contribution >= 0.6 is 22.9 Å². The number of rotatable bonds is 5. The summed E-state index contributed by atoms with van der Waals surface area (Å²) in [4.78, 5) is 20.9. The largest absolute Gasteiger partial charge is 0.328 e. The molecule has 25 heavy (non-hydrogen) atoms. The Morgan fingerprint density at radius 2 is 2.08 bits per heavy atom. The summed E-state index contributed by atoms with van der Waals surface area (Å²) in [5.41, 5.74) is 1.95. The molecule has 0 N–H and O–H groups in total. The molecule has 1 aromatic carbocycles. The van der Waals surface area contributed by atoms with Crippen LogP contribution in [0.4, 0.5) is 0 Å². The third-order valence-electron chi connectivity index (χ3n) is 3.70. The van der Waals surface area contributed by atoms with Crippen LogP contribution in [0, 0.1) is 10.1 Å². The fourth-order valence-electron chi connectivity index (χ4n) is 2.78. The van der Waals surface area contributed by atoms with Crippen molar-refractivity contribution in [2.24, 2.45) is 5.10 Å². The maximum Gasteiger partial charge on any atom is 0.276 e. The minimum atomic E-state index is -0.667. The second kappa shape index (κ2) is 7.77. The lowest BCUT2D eigenvalue weighted by atomic mass is 10.2. The zero-order valence-electron chi connectivity index (χ0n) is 13.6. The molecule has 1 fully saturated rings. The van der Waals surface area contributed by atoms with Gasteiger partial charge in [0.25, 0.3) is 5.96 Å². The Morgan fingerprint density at radius 1 is 1.32 bits per heavy atom. The number of guanidine groups is 1. The molecule has 2 aromatic rings. The van der Waals surface area contributed by atoms with Crippen LogP contribution in [0.5, 0.6) is 0 Å². The van der Waals surface area contributed by atoms with E-state index in [0.29, 0.717) is 30.3 Å². The summed E-state index contributed by atoms with van der Waals surface area (Å²) in [6.45, 7) is 2.22. The molecule has 1 saturated heterocycles. The first-order chi connectivity index (χ1) is 12.0. The molecule has 0 unspecified atom stereocenters. The van der Waals surface area contributed by atoms with Crippen molar-refractivity contribution in [3.05, 3.63) is 61.6 Å². The molecule has 132 valence electrons. The Bertz CT molecular complexity index is 768. The maximum absolute atomic E-state index is 10.9. The normalized spacial score (nSPS) is 17.3. The Kier molecular flexibility index (Phi) is 5.47. The van der Waals surface area contributed by atoms with Gasteiger partial charge in [-0.2, -0.15) is 0 Å². The van der Waals surface area contributed by atoms with Crippen molar-refractivity contribution in [3.8, 4) is 0 Å². The van der Waals surface area contributed by atoms with Crippen molar-refractivity contribution >= 4 is 28.9 Å². The SMILES string of the molecule is CN1CN(Cc2ccccc2)CN(Cc2csc(Cl)n2)C1=N[N+](=O)[O-]. The first-order valence-corrected chi connectivity index (χ1v) is 8.82. The number of nitrogens with zero attached hydrogens (tertiary/aromatic N) is 6. The fraction of sp³-hybridized carbons (Fsp3) is 0.333. The predicted octanol–water partition coefficient (Wildman–Crippen LogP) is 2.51. The number of benzene rings is 1. The van der Waals surface area contributed by atoms with Gasteiger partial charge in [0.2, 0.25) is 0 Å². The minimum Gasteiger partial charge on any atom is -0.328 e. The van der Waals surface area contributed by atoms with Crippen LogP contribution in [0.25, 0.3) is 0 Å². The Balaban J connectivity index is 1.79. The first kappa shape index (κ1) is 17.6. The quantitative estimate of drug-likeness (QED) is 0.585. The second-order valence-corrected chi connectivity index (χ2v) is 7.16. The Labute approximate surface area is 154 Å². The van der Waals surface area contributed by atoms with E-state index in [1.807, 2.05) is 28.5 Å². The minimum absolute atomic E-state index is 0.318. The molecule has 1 aliphatic heterocycles. The van der Waals surface area contributed by atoms with Crippen LogP contribution in [0.15, 0.2) is 40.8 Å². The van der Waals surface area contributed by atoms with Gasteiger partial charge < -0.3 is 9.80 Å². The van der Waals surface area contributed by atoms with Gasteiger partial charge in [0.1, 0.15) is 5.10 Å². The van der Waals surface area contributed by atoms with Crippen LogP contribution in [-0.2, 0) is 13.1 Å². The van der Waals surface area contributed by atoms with Crippen molar-refractivity contribution in [3.63, 3.8) is 0 Å². The number of halogens is 1. The molecule has 0 aliphatic carbocycles. The highest BCUT2D eigenvalue weighted by Crippen LogP contribution is 2.19. The number of hydrogen-bond donors (Lipinski definition) is 0. The number of hydrazone groups is 1. The third kappa shape index (κ3) is 4.65. The van der Waals surface area contributed by atoms with Crippen molar-refractivity contribution < 1.29 is 5.03 Å². The van der Waals surface area contributed by atoms with Crippen molar-refractivity contribution in [2.45, 2.75) is 13.1 Å². The van der Waals surface area contributed by atoms with Gasteiger partial charge in [-0.3, -0.25) is 4.90 Å². The predicted molar refractivity (Wildman–Crippen MR) is 96.6 cm³/mol. The van der Waals surface area contributed by atoms with Gasteiger partial charge in [0.05, 0.1) is 25.6 Å². The van der Waals surface area contributed by atoms with Crippen molar-refractivity contribution in [1.29, 1.82) is 0 Å². The first-order valence-electron chi connectivity index (χ1n) is 7.56. The second-order valence-electron chi connectivity index (χ2n) is 5.72. The highest BCUT2D eigenvalue weighted by molar-refractivity contribution is 7.13. The summed E-state index contributed by atoms with van der Waals surface area (Å²) < 4.78 is 0.453. The molecule has 0 atom stereocenters. The van der Waals surface area contributed by atoms with Crippen LogP contribution in [0.2, 0.25) is 4.47 Å². The van der Waals surface area contributed by atoms with E-state index in [-0.39, 0.29) is 0 Å². The van der Waals surface area contributed by atoms with E-state index in [0.717, 1.165) is 12.2 Å². The average Bonchev–Trinajstić information content (AvgIpc) is 2.96. The van der Waals surface area contributed by atoms with Gasteiger partial charge >= 0.3 is 0 Å². The van der Waals surface area contributed by atoms with Crippen LogP contribution in [-0.4, -0.2) is 51.1 Å². The van der Waals surface area contributed by atoms with Gasteiger partial charge in [-0.05, 0) is 5.56 Å². The molecule has 0 bridgehead atoms. The lowest BCUT2D eigenvalue weighted by Gasteiger charge is -2.41. The highest BCUT2D eigenvalue weighted by Gasteiger charge is 2.29. The summed E-state index contributed by atoms with van der Waals surface area (Å²) in [7, 11) is 1.79. The molecule has 2 heterocycles. The van der Waals surface area contributed by atoms with Crippen LogP contribution in [0.1, 0.15) is 11.3 Å². The molecule has 1 aliphatic rings. The van der Waals surface area contributed by atoms with Gasteiger partial charge in [-0.15, -0.1) is 11.3 Å². The van der Waals surface area contributed by atoms with E-state index in [4.69, 9.17) is 11.6 Å². The standard InChI is InChI=1S/C15H17ClN6O2S/c1-19-10-20(7-12-5-3-2-4-6-12)11-21(15(19)18-22(23)24)8-13-9-25-14(16)17-13/h2-6,9H,7-8,10-11H2,1H3. The van der Waals surface area contributed by atoms with Crippen molar-refractivity contribution in [1.82, 2.24) is 19.7 Å². The van der Waals surface area contributed by atoms with Gasteiger partial charge in [0.15, 0.2) is 9.50 Å². The van der Waals surface area contributed by atoms with Crippen molar-refractivity contribution in [2.75, 3.05) is 20.4 Å². The smallest absolute Gasteiger partial charge is 0.276 e. The van der Waals surface area contributed by atoms with E-state index >= 15 is 0 Å². The topological polar surface area (TPSA) is 78.1 Å². The molecular weight excluding hydrogens is 364 g/mol. The van der Waals surface area contributed by atoms with E-state index in [9.17, 15) is 10.1 Å². The van der Waals surface area contributed by atoms with E-state index in [1.165, 1.54) is 16.9 Å². The molecule has 0 spiro atoms. The molecule has 8 nitrogen and oxygen atoms in total. The maximum atomic E-state index is 10.9. The van der Waals surface area contributed by atoms with Crippen LogP contribution < -0.4 is 0 Å². The fourth-order valence-corrected chi connectivity index (χ4v) is 3.55. The summed E-state index contributed by atoms with van der Waals surface area (Å²) in [6, 6.07) is 10.1. The van der Waals surface area contributed by atoms with E-state index < -0.39 is 5.03 Å². The molecule has 0 radical (unpaired) electrons. The average molecular weight is 381 g/mol. The van der Waals surface area contributed by atoms with E-state index in [2.05, 4.69) is 27.1 Å². The van der Waals surface area contributed by atoms with Gasteiger partial charge in [-0.1, -0.05) is 41.9 Å². The monoisotopic (exact) mass is 380 g/mol. The summed E-state index contributed by atoms with van der Waals surface area (Å²) in [6.07, 6.45) is 0. The number of hydrogen-bond acceptors (Lipinski definition) is 5. The van der Waals surface area contributed by atoms with E-state index in [1.54, 1.807) is 11.9 Å². The number of aromatic nitrogens is 1. The van der Waals surface area contributed by atoms with Crippen LogP contribution in [0.3, 0.4) is 0 Å². The molecule has 0 saturated carbocycles. The molecule has 3 rings (SSSR count). The molecule has 10 heteroatoms. The van der Waals surface area contributed by atoms with Gasteiger partial charge in [-0.25, -0.2) is 15.1 Å². The molecular formula is C15H17ClN6O2S. The highest BCUT2D eigenvalue weighted by atomic mass is 35.5. The summed E-state index contributed by atoms with van der Waals surface area (Å²) >= 11 is 7.23. The lowest BCUT2D eigenvalue weighted by molar-refractivity contribution is -0.486. The lowest BCUT2D eigenvalue weighted by Crippen LogP contribution is -2.56. The zero-order valence-corrected chi connectivity index (χ0v) is 15.2. The zero-order chi connectivity index (χ0) is 17.8. The summed E-state index contributed by atoms with van der Waals surface area (Å²) in [5, 5.41) is 15.6. The Morgan fingerprint density at radius 3 is 2.72 bits per heavy atom. The van der Waals surface area contributed by atoms with Gasteiger partial charge in [0, 0.05) is 19.0 Å². The number of thiazole rings is 1. The molecule has 1 aromatic heterocycles.